The third kappa shape index (κ3) is 2.34. The van der Waals surface area contributed by atoms with Gasteiger partial charge in [0.15, 0.2) is 0 Å². The Balaban J connectivity index is 2.82. The first kappa shape index (κ1) is 8.71. The molecule has 0 aromatic rings. The van der Waals surface area contributed by atoms with E-state index in [2.05, 4.69) is 4.99 Å². The predicted octanol–water partition coefficient (Wildman–Crippen LogP) is 1.46. The minimum atomic E-state index is -0.384. The van der Waals surface area contributed by atoms with Crippen molar-refractivity contribution >= 4 is 11.7 Å². The summed E-state index contributed by atoms with van der Waals surface area (Å²) in [5, 5.41) is 0. The molecule has 0 spiro atoms. The van der Waals surface area contributed by atoms with Gasteiger partial charge in [-0.3, -0.25) is 4.99 Å². The first-order valence-electron chi connectivity index (χ1n) is 3.75. The normalized spacial score (nSPS) is 16.2. The quantitative estimate of drug-likeness (QED) is 0.552. The fourth-order valence-corrected chi connectivity index (χ4v) is 0.807. The number of ether oxygens (including phenoxy) is 1. The van der Waals surface area contributed by atoms with Crippen molar-refractivity contribution in [1.82, 2.24) is 0 Å². The first-order chi connectivity index (χ1) is 5.70. The van der Waals surface area contributed by atoms with Crippen LogP contribution in [0.15, 0.2) is 29.0 Å². The van der Waals surface area contributed by atoms with Crippen LogP contribution in [0.4, 0.5) is 0 Å². The number of rotatable bonds is 1. The highest BCUT2D eigenvalue weighted by Gasteiger charge is 2.09. The molecule has 0 saturated heterocycles. The molecule has 3 nitrogen and oxygen atoms in total. The molecule has 64 valence electrons. The standard InChI is InChI=1S/C9H11NO2/c1-7(2)6-8-9(11)12-5-3-4-10-8/h3,5-6H,4H2,1-2H3. The summed E-state index contributed by atoms with van der Waals surface area (Å²) in [7, 11) is 0. The molecule has 1 heterocycles. The largest absolute Gasteiger partial charge is 0.430 e. The number of nitrogens with zero attached hydrogens (tertiary/aromatic N) is 1. The van der Waals surface area contributed by atoms with E-state index in [-0.39, 0.29) is 5.97 Å². The molecule has 0 aromatic carbocycles. The number of carbonyl (C=O) groups excluding carboxylic acids is 1. The molecule has 12 heavy (non-hydrogen) atoms. The highest BCUT2D eigenvalue weighted by atomic mass is 16.5. The van der Waals surface area contributed by atoms with E-state index in [1.54, 1.807) is 12.2 Å². The average Bonchev–Trinajstić information content (AvgIpc) is 2.16. The Morgan fingerprint density at radius 1 is 1.67 bits per heavy atom. The molecule has 0 fully saturated rings. The van der Waals surface area contributed by atoms with Crippen LogP contribution in [0.3, 0.4) is 0 Å². The van der Waals surface area contributed by atoms with Crippen molar-refractivity contribution in [3.8, 4) is 0 Å². The van der Waals surface area contributed by atoms with Gasteiger partial charge >= 0.3 is 5.97 Å². The highest BCUT2D eigenvalue weighted by Crippen LogP contribution is 1.98. The fraction of sp³-hybridized carbons (Fsp3) is 0.333. The second-order valence-corrected chi connectivity index (χ2v) is 2.72. The van der Waals surface area contributed by atoms with Crippen molar-refractivity contribution in [3.63, 3.8) is 0 Å². The second kappa shape index (κ2) is 3.85. The summed E-state index contributed by atoms with van der Waals surface area (Å²) < 4.78 is 4.72. The molecular formula is C9H11NO2. The number of carbonyl (C=O) groups is 1. The van der Waals surface area contributed by atoms with Gasteiger partial charge < -0.3 is 4.74 Å². The summed E-state index contributed by atoms with van der Waals surface area (Å²) in [6.45, 7) is 4.33. The number of cyclic esters (lactones) is 1. The van der Waals surface area contributed by atoms with E-state index < -0.39 is 0 Å². The van der Waals surface area contributed by atoms with Crippen molar-refractivity contribution in [3.05, 3.63) is 24.0 Å². The zero-order chi connectivity index (χ0) is 8.97. The van der Waals surface area contributed by atoms with Gasteiger partial charge in [0.2, 0.25) is 0 Å². The third-order valence-electron chi connectivity index (χ3n) is 1.27. The molecule has 0 saturated carbocycles. The summed E-state index contributed by atoms with van der Waals surface area (Å²) in [5.41, 5.74) is 1.42. The number of esters is 1. The van der Waals surface area contributed by atoms with Crippen LogP contribution in [0.25, 0.3) is 0 Å². The van der Waals surface area contributed by atoms with Gasteiger partial charge in [-0.15, -0.1) is 0 Å². The van der Waals surface area contributed by atoms with E-state index in [4.69, 9.17) is 4.74 Å². The van der Waals surface area contributed by atoms with Crippen LogP contribution in [0.2, 0.25) is 0 Å². The molecule has 0 N–H and O–H groups in total. The lowest BCUT2D eigenvalue weighted by atomic mass is 10.2. The Kier molecular flexibility index (Phi) is 2.80. The molecular weight excluding hydrogens is 154 g/mol. The molecule has 0 aromatic heterocycles. The van der Waals surface area contributed by atoms with Crippen LogP contribution in [0.5, 0.6) is 0 Å². The van der Waals surface area contributed by atoms with E-state index in [0.717, 1.165) is 5.57 Å². The summed E-state index contributed by atoms with van der Waals surface area (Å²) in [6.07, 6.45) is 4.79. The summed E-state index contributed by atoms with van der Waals surface area (Å²) in [6, 6.07) is 0. The van der Waals surface area contributed by atoms with E-state index in [1.807, 2.05) is 13.8 Å². The molecule has 0 unspecified atom stereocenters. The third-order valence-corrected chi connectivity index (χ3v) is 1.27. The lowest BCUT2D eigenvalue weighted by molar-refractivity contribution is -0.130. The van der Waals surface area contributed by atoms with Gasteiger partial charge in [0.05, 0.1) is 12.8 Å². The molecule has 0 bridgehead atoms. The van der Waals surface area contributed by atoms with Crippen LogP contribution in [0, 0.1) is 0 Å². The van der Waals surface area contributed by atoms with Gasteiger partial charge in [0, 0.05) is 0 Å². The van der Waals surface area contributed by atoms with Crippen molar-refractivity contribution in [2.75, 3.05) is 6.54 Å². The molecule has 0 radical (unpaired) electrons. The van der Waals surface area contributed by atoms with Crippen molar-refractivity contribution < 1.29 is 9.53 Å². The molecule has 1 aliphatic heterocycles. The lowest BCUT2D eigenvalue weighted by Crippen LogP contribution is -2.12. The van der Waals surface area contributed by atoms with E-state index in [9.17, 15) is 4.79 Å². The number of allylic oxidation sites excluding steroid dienone is 1. The smallest absolute Gasteiger partial charge is 0.361 e. The molecule has 0 aliphatic carbocycles. The van der Waals surface area contributed by atoms with Gasteiger partial charge in [-0.25, -0.2) is 4.79 Å². The average molecular weight is 165 g/mol. The minimum Gasteiger partial charge on any atom is -0.430 e. The van der Waals surface area contributed by atoms with Crippen LogP contribution in [0.1, 0.15) is 13.8 Å². The molecule has 0 amide bonds. The lowest BCUT2D eigenvalue weighted by Gasteiger charge is -1.96. The first-order valence-corrected chi connectivity index (χ1v) is 3.75. The van der Waals surface area contributed by atoms with Crippen molar-refractivity contribution in [1.29, 1.82) is 0 Å². The van der Waals surface area contributed by atoms with Gasteiger partial charge in [0.25, 0.3) is 0 Å². The van der Waals surface area contributed by atoms with Crippen molar-refractivity contribution in [2.45, 2.75) is 13.8 Å². The molecule has 1 rings (SSSR count). The molecule has 3 heteroatoms. The minimum absolute atomic E-state index is 0.384. The Labute approximate surface area is 71.4 Å². The molecule has 1 aliphatic rings. The Bertz CT molecular complexity index is 270. The van der Waals surface area contributed by atoms with Gasteiger partial charge in [-0.05, 0) is 26.0 Å². The van der Waals surface area contributed by atoms with E-state index >= 15 is 0 Å². The number of hydrogen-bond acceptors (Lipinski definition) is 3. The summed E-state index contributed by atoms with van der Waals surface area (Å²) in [5.74, 6) is -0.384. The number of aliphatic imine (C=N–C) groups is 1. The topological polar surface area (TPSA) is 38.7 Å². The van der Waals surface area contributed by atoms with Gasteiger partial charge in [-0.1, -0.05) is 5.57 Å². The number of hydrogen-bond donors (Lipinski definition) is 0. The Morgan fingerprint density at radius 3 is 3.08 bits per heavy atom. The Hall–Kier alpha value is -1.38. The van der Waals surface area contributed by atoms with E-state index in [1.165, 1.54) is 6.26 Å². The zero-order valence-corrected chi connectivity index (χ0v) is 7.20. The SMILES string of the molecule is CC(C)=CC1=NCC=COC1=O. The zero-order valence-electron chi connectivity index (χ0n) is 7.20. The van der Waals surface area contributed by atoms with Gasteiger partial charge in [-0.2, -0.15) is 0 Å². The summed E-state index contributed by atoms with van der Waals surface area (Å²) >= 11 is 0. The summed E-state index contributed by atoms with van der Waals surface area (Å²) in [4.78, 5) is 15.1. The second-order valence-electron chi connectivity index (χ2n) is 2.72. The maximum atomic E-state index is 11.1. The van der Waals surface area contributed by atoms with Crippen LogP contribution in [-0.2, 0) is 9.53 Å². The highest BCUT2D eigenvalue weighted by molar-refractivity contribution is 6.41. The predicted molar refractivity (Wildman–Crippen MR) is 47.0 cm³/mol. The monoisotopic (exact) mass is 165 g/mol. The van der Waals surface area contributed by atoms with E-state index in [0.29, 0.717) is 12.3 Å². The Morgan fingerprint density at radius 2 is 2.42 bits per heavy atom. The van der Waals surface area contributed by atoms with Crippen LogP contribution >= 0.6 is 0 Å². The van der Waals surface area contributed by atoms with Crippen LogP contribution < -0.4 is 0 Å². The molecule has 0 atom stereocenters. The van der Waals surface area contributed by atoms with Crippen molar-refractivity contribution in [2.24, 2.45) is 4.99 Å². The fourth-order valence-electron chi connectivity index (χ4n) is 0.807. The maximum absolute atomic E-state index is 11.1. The maximum Gasteiger partial charge on any atom is 0.361 e. The van der Waals surface area contributed by atoms with Crippen LogP contribution in [-0.4, -0.2) is 18.2 Å². The van der Waals surface area contributed by atoms with Gasteiger partial charge in [0.1, 0.15) is 5.71 Å².